The standard InChI is InChI=1S/C16H17F3N2/c17-16(18,19)15-14-13(10-6-2-1-3-7-10)21(14)12-9-5-4-8-11(12)20-15/h1-3,6-7,11-14H,4-5,8-9H2/t11-,12-,13+,14-,21?/m0/s1. The Bertz CT molecular complexity index is 567. The molecule has 0 aromatic heterocycles. The van der Waals surface area contributed by atoms with Crippen LogP contribution in [0.15, 0.2) is 35.3 Å². The van der Waals surface area contributed by atoms with Gasteiger partial charge in [0.25, 0.3) is 0 Å². The Kier molecular flexibility index (Phi) is 2.89. The van der Waals surface area contributed by atoms with Gasteiger partial charge in [-0.15, -0.1) is 0 Å². The van der Waals surface area contributed by atoms with Crippen LogP contribution in [-0.2, 0) is 0 Å². The smallest absolute Gasteiger partial charge is 0.279 e. The van der Waals surface area contributed by atoms with Crippen molar-refractivity contribution >= 4 is 5.71 Å². The summed E-state index contributed by atoms with van der Waals surface area (Å²) < 4.78 is 39.9. The number of benzene rings is 1. The molecule has 2 fully saturated rings. The van der Waals surface area contributed by atoms with Crippen molar-refractivity contribution in [2.45, 2.75) is 56.0 Å². The number of fused-ring (bicyclic) bond motifs is 3. The lowest BCUT2D eigenvalue weighted by Gasteiger charge is -2.34. The van der Waals surface area contributed by atoms with Gasteiger partial charge in [-0.1, -0.05) is 43.2 Å². The van der Waals surface area contributed by atoms with Gasteiger partial charge >= 0.3 is 6.18 Å². The third kappa shape index (κ3) is 2.09. The number of halogens is 3. The van der Waals surface area contributed by atoms with E-state index < -0.39 is 17.9 Å². The molecule has 1 saturated carbocycles. The van der Waals surface area contributed by atoms with Crippen LogP contribution < -0.4 is 0 Å². The van der Waals surface area contributed by atoms with Crippen LogP contribution in [0.4, 0.5) is 13.2 Å². The highest BCUT2D eigenvalue weighted by molar-refractivity contribution is 5.98. The molecule has 21 heavy (non-hydrogen) atoms. The van der Waals surface area contributed by atoms with Gasteiger partial charge in [-0.3, -0.25) is 9.89 Å². The van der Waals surface area contributed by atoms with E-state index in [0.29, 0.717) is 0 Å². The first kappa shape index (κ1) is 13.3. The van der Waals surface area contributed by atoms with E-state index in [1.54, 1.807) is 0 Å². The van der Waals surface area contributed by atoms with Crippen LogP contribution in [0.1, 0.15) is 37.3 Å². The zero-order valence-corrected chi connectivity index (χ0v) is 11.6. The normalized spacial score (nSPS) is 38.2. The van der Waals surface area contributed by atoms with Crippen molar-refractivity contribution < 1.29 is 13.2 Å². The van der Waals surface area contributed by atoms with Crippen molar-refractivity contribution in [2.75, 3.05) is 0 Å². The van der Waals surface area contributed by atoms with Crippen LogP contribution in [0.3, 0.4) is 0 Å². The largest absolute Gasteiger partial charge is 0.430 e. The van der Waals surface area contributed by atoms with E-state index in [2.05, 4.69) is 9.89 Å². The molecule has 2 nitrogen and oxygen atoms in total. The summed E-state index contributed by atoms with van der Waals surface area (Å²) in [6, 6.07) is 8.86. The molecule has 1 aromatic rings. The fourth-order valence-electron chi connectivity index (χ4n) is 4.04. The molecule has 5 heteroatoms. The van der Waals surface area contributed by atoms with Crippen molar-refractivity contribution in [1.29, 1.82) is 0 Å². The van der Waals surface area contributed by atoms with Crippen molar-refractivity contribution in [3.05, 3.63) is 35.9 Å². The van der Waals surface area contributed by atoms with Gasteiger partial charge in [0.2, 0.25) is 0 Å². The third-order valence-corrected chi connectivity index (χ3v) is 4.95. The summed E-state index contributed by atoms with van der Waals surface area (Å²) in [5, 5.41) is 0. The molecule has 1 unspecified atom stereocenters. The Labute approximate surface area is 121 Å². The molecule has 2 aliphatic heterocycles. The van der Waals surface area contributed by atoms with Crippen LogP contribution in [0.5, 0.6) is 0 Å². The molecule has 2 heterocycles. The monoisotopic (exact) mass is 294 g/mol. The Morgan fingerprint density at radius 2 is 1.71 bits per heavy atom. The molecule has 4 rings (SSSR count). The molecular formula is C16H17F3N2. The summed E-state index contributed by atoms with van der Waals surface area (Å²) in [6.07, 6.45) is -0.462. The average molecular weight is 294 g/mol. The second-order valence-corrected chi connectivity index (χ2v) is 6.18. The van der Waals surface area contributed by atoms with E-state index in [9.17, 15) is 13.2 Å². The minimum Gasteiger partial charge on any atom is -0.279 e. The van der Waals surface area contributed by atoms with Crippen molar-refractivity contribution in [1.82, 2.24) is 4.90 Å². The number of hydrogen-bond acceptors (Lipinski definition) is 2. The highest BCUT2D eigenvalue weighted by Gasteiger charge is 2.64. The summed E-state index contributed by atoms with van der Waals surface area (Å²) in [5.41, 5.74) is 0.421. The summed E-state index contributed by atoms with van der Waals surface area (Å²) in [5.74, 6) is 0. The maximum absolute atomic E-state index is 13.3. The van der Waals surface area contributed by atoms with Crippen LogP contribution in [-0.4, -0.2) is 34.9 Å². The number of nitrogens with zero attached hydrogens (tertiary/aromatic N) is 2. The van der Waals surface area contributed by atoms with Crippen LogP contribution in [0, 0.1) is 0 Å². The molecule has 112 valence electrons. The van der Waals surface area contributed by atoms with Crippen molar-refractivity contribution in [2.24, 2.45) is 4.99 Å². The van der Waals surface area contributed by atoms with E-state index >= 15 is 0 Å². The molecule has 5 atom stereocenters. The van der Waals surface area contributed by atoms with Gasteiger partial charge in [0.15, 0.2) is 0 Å². The molecule has 1 aliphatic carbocycles. The predicted octanol–water partition coefficient (Wildman–Crippen LogP) is 3.74. The highest BCUT2D eigenvalue weighted by Crippen LogP contribution is 2.53. The first-order valence-electron chi connectivity index (χ1n) is 7.54. The van der Waals surface area contributed by atoms with E-state index in [-0.39, 0.29) is 18.1 Å². The average Bonchev–Trinajstić information content (AvgIpc) is 3.22. The van der Waals surface area contributed by atoms with Gasteiger partial charge in [-0.2, -0.15) is 13.2 Å². The SMILES string of the molecule is FC(F)(F)C1=N[C@H]2CCCC[C@@H]2N2[C@H]1[C@H]2c1ccccc1. The topological polar surface area (TPSA) is 15.4 Å². The number of rotatable bonds is 1. The fraction of sp³-hybridized carbons (Fsp3) is 0.562. The number of aliphatic imine (C=N–C) groups is 1. The summed E-state index contributed by atoms with van der Waals surface area (Å²) in [4.78, 5) is 6.17. The third-order valence-electron chi connectivity index (χ3n) is 4.95. The quantitative estimate of drug-likeness (QED) is 0.720. The number of alkyl halides is 3. The lowest BCUT2D eigenvalue weighted by Crippen LogP contribution is -2.45. The Morgan fingerprint density at radius 1 is 1.00 bits per heavy atom. The van der Waals surface area contributed by atoms with Crippen LogP contribution >= 0.6 is 0 Å². The van der Waals surface area contributed by atoms with Gasteiger partial charge in [0.1, 0.15) is 5.71 Å². The Hall–Kier alpha value is -1.36. The summed E-state index contributed by atoms with van der Waals surface area (Å²) in [6.45, 7) is 0. The molecule has 0 spiro atoms. The first-order valence-corrected chi connectivity index (χ1v) is 7.54. The highest BCUT2D eigenvalue weighted by atomic mass is 19.4. The van der Waals surface area contributed by atoms with E-state index in [0.717, 1.165) is 31.2 Å². The Morgan fingerprint density at radius 3 is 2.43 bits per heavy atom. The zero-order valence-electron chi connectivity index (χ0n) is 11.6. The molecular weight excluding hydrogens is 277 g/mol. The van der Waals surface area contributed by atoms with Crippen LogP contribution in [0.25, 0.3) is 0 Å². The minimum atomic E-state index is -4.31. The molecule has 3 aliphatic rings. The first-order chi connectivity index (χ1) is 10.1. The molecule has 0 amide bonds. The summed E-state index contributed by atoms with van der Waals surface area (Å²) in [7, 11) is 0. The van der Waals surface area contributed by atoms with Crippen molar-refractivity contribution in [3.63, 3.8) is 0 Å². The fourth-order valence-corrected chi connectivity index (χ4v) is 4.04. The van der Waals surface area contributed by atoms with E-state index in [1.165, 1.54) is 0 Å². The lowest BCUT2D eigenvalue weighted by atomic mass is 9.89. The van der Waals surface area contributed by atoms with Gasteiger partial charge in [0, 0.05) is 6.04 Å². The molecule has 0 N–H and O–H groups in total. The van der Waals surface area contributed by atoms with Gasteiger partial charge in [-0.25, -0.2) is 0 Å². The summed E-state index contributed by atoms with van der Waals surface area (Å²) >= 11 is 0. The molecule has 1 saturated heterocycles. The van der Waals surface area contributed by atoms with Crippen molar-refractivity contribution in [3.8, 4) is 0 Å². The maximum Gasteiger partial charge on any atom is 0.430 e. The second-order valence-electron chi connectivity index (χ2n) is 6.18. The molecule has 0 radical (unpaired) electrons. The molecule has 0 bridgehead atoms. The maximum atomic E-state index is 13.3. The Balaban J connectivity index is 1.72. The van der Waals surface area contributed by atoms with Gasteiger partial charge in [0.05, 0.1) is 18.1 Å². The van der Waals surface area contributed by atoms with E-state index in [4.69, 9.17) is 0 Å². The zero-order chi connectivity index (χ0) is 14.6. The number of hydrogen-bond donors (Lipinski definition) is 0. The van der Waals surface area contributed by atoms with Crippen LogP contribution in [0.2, 0.25) is 0 Å². The van der Waals surface area contributed by atoms with Gasteiger partial charge in [-0.05, 0) is 18.4 Å². The van der Waals surface area contributed by atoms with E-state index in [1.807, 2.05) is 30.3 Å². The minimum absolute atomic E-state index is 0.139. The predicted molar refractivity (Wildman–Crippen MR) is 74.3 cm³/mol. The second kappa shape index (κ2) is 4.57. The molecule has 1 aromatic carbocycles. The lowest BCUT2D eigenvalue weighted by molar-refractivity contribution is -0.0624. The van der Waals surface area contributed by atoms with Gasteiger partial charge < -0.3 is 0 Å².